The SMILES string of the molecule is CC/C=C\C/C=C\C/C=C\C/C=C\C/C=C\CCCC1=NC(C)(C)CO1. The Balaban J connectivity index is 1.96. The summed E-state index contributed by atoms with van der Waals surface area (Å²) in [4.78, 5) is 4.58. The van der Waals surface area contributed by atoms with Crippen molar-refractivity contribution < 1.29 is 4.74 Å². The molecular weight excluding hydrogens is 318 g/mol. The maximum Gasteiger partial charge on any atom is 0.183 e. The van der Waals surface area contributed by atoms with Crippen LogP contribution in [0.3, 0.4) is 0 Å². The van der Waals surface area contributed by atoms with Gasteiger partial charge in [-0.1, -0.05) is 67.7 Å². The summed E-state index contributed by atoms with van der Waals surface area (Å²) in [5.41, 5.74) is -0.0212. The quantitative estimate of drug-likeness (QED) is 0.255. The van der Waals surface area contributed by atoms with Crippen molar-refractivity contribution in [3.05, 3.63) is 60.8 Å². The third kappa shape index (κ3) is 12.5. The average Bonchev–Trinajstić information content (AvgIpc) is 2.96. The molecule has 0 N–H and O–H groups in total. The van der Waals surface area contributed by atoms with Crippen molar-refractivity contribution in [3.8, 4) is 0 Å². The molecule has 26 heavy (non-hydrogen) atoms. The van der Waals surface area contributed by atoms with Crippen LogP contribution in [-0.4, -0.2) is 18.0 Å². The van der Waals surface area contributed by atoms with Gasteiger partial charge in [0.15, 0.2) is 5.90 Å². The van der Waals surface area contributed by atoms with E-state index in [-0.39, 0.29) is 5.54 Å². The van der Waals surface area contributed by atoms with Crippen LogP contribution in [0.4, 0.5) is 0 Å². The molecule has 0 bridgehead atoms. The van der Waals surface area contributed by atoms with Crippen molar-refractivity contribution in [2.45, 2.75) is 77.7 Å². The van der Waals surface area contributed by atoms with Gasteiger partial charge in [-0.15, -0.1) is 0 Å². The summed E-state index contributed by atoms with van der Waals surface area (Å²) in [6.45, 7) is 7.12. The molecule has 1 aliphatic rings. The average molecular weight is 356 g/mol. The predicted molar refractivity (Wildman–Crippen MR) is 116 cm³/mol. The first-order valence-corrected chi connectivity index (χ1v) is 10.1. The maximum atomic E-state index is 5.60. The summed E-state index contributed by atoms with van der Waals surface area (Å²) in [5, 5.41) is 0. The lowest BCUT2D eigenvalue weighted by molar-refractivity contribution is 0.273. The summed E-state index contributed by atoms with van der Waals surface area (Å²) < 4.78 is 5.60. The summed E-state index contributed by atoms with van der Waals surface area (Å²) >= 11 is 0. The Hall–Kier alpha value is -1.83. The van der Waals surface area contributed by atoms with Crippen molar-refractivity contribution in [3.63, 3.8) is 0 Å². The van der Waals surface area contributed by atoms with Gasteiger partial charge < -0.3 is 4.74 Å². The smallest absolute Gasteiger partial charge is 0.183 e. The van der Waals surface area contributed by atoms with Crippen LogP contribution in [0.2, 0.25) is 0 Å². The number of nitrogens with zero attached hydrogens (tertiary/aromatic N) is 1. The molecule has 0 radical (unpaired) electrons. The highest BCUT2D eigenvalue weighted by Gasteiger charge is 2.25. The Kier molecular flexibility index (Phi) is 12.3. The fraction of sp³-hybridized carbons (Fsp3) is 0.542. The molecule has 1 rings (SSSR count). The summed E-state index contributed by atoms with van der Waals surface area (Å²) in [6.07, 6.45) is 30.7. The molecule has 0 saturated heterocycles. The second kappa shape index (κ2) is 14.4. The minimum Gasteiger partial charge on any atom is -0.478 e. The second-order valence-corrected chi connectivity index (χ2v) is 7.21. The van der Waals surface area contributed by atoms with Crippen molar-refractivity contribution in [1.82, 2.24) is 0 Å². The number of ether oxygens (including phenoxy) is 1. The van der Waals surface area contributed by atoms with Crippen molar-refractivity contribution in [2.75, 3.05) is 6.61 Å². The molecule has 0 aromatic rings. The Morgan fingerprint density at radius 2 is 1.31 bits per heavy atom. The monoisotopic (exact) mass is 355 g/mol. The van der Waals surface area contributed by atoms with Gasteiger partial charge in [0, 0.05) is 6.42 Å². The van der Waals surface area contributed by atoms with Gasteiger partial charge in [-0.2, -0.15) is 0 Å². The van der Waals surface area contributed by atoms with E-state index in [9.17, 15) is 0 Å². The van der Waals surface area contributed by atoms with E-state index >= 15 is 0 Å². The summed E-state index contributed by atoms with van der Waals surface area (Å²) in [5.74, 6) is 0.933. The van der Waals surface area contributed by atoms with E-state index in [1.807, 2.05) is 0 Å². The van der Waals surface area contributed by atoms with E-state index in [4.69, 9.17) is 4.74 Å². The maximum absolute atomic E-state index is 5.60. The number of unbranched alkanes of at least 4 members (excludes halogenated alkanes) is 1. The first kappa shape index (κ1) is 22.2. The van der Waals surface area contributed by atoms with Crippen LogP contribution in [0.1, 0.15) is 72.1 Å². The first-order chi connectivity index (χ1) is 12.6. The van der Waals surface area contributed by atoms with Crippen molar-refractivity contribution >= 4 is 5.90 Å². The fourth-order valence-corrected chi connectivity index (χ4v) is 2.53. The zero-order chi connectivity index (χ0) is 18.9. The first-order valence-electron chi connectivity index (χ1n) is 10.1. The molecule has 144 valence electrons. The number of aliphatic imine (C=N–C) groups is 1. The molecule has 0 fully saturated rings. The van der Waals surface area contributed by atoms with Gasteiger partial charge in [0.2, 0.25) is 0 Å². The molecule has 0 unspecified atom stereocenters. The largest absolute Gasteiger partial charge is 0.478 e. The minimum atomic E-state index is -0.0212. The van der Waals surface area contributed by atoms with Crippen LogP contribution < -0.4 is 0 Å². The molecule has 0 atom stereocenters. The van der Waals surface area contributed by atoms with Crippen LogP contribution in [-0.2, 0) is 4.74 Å². The molecule has 0 spiro atoms. The number of allylic oxidation sites excluding steroid dienone is 10. The van der Waals surface area contributed by atoms with Crippen molar-refractivity contribution in [2.24, 2.45) is 4.99 Å². The van der Waals surface area contributed by atoms with Gasteiger partial charge >= 0.3 is 0 Å². The number of hydrogen-bond acceptors (Lipinski definition) is 2. The van der Waals surface area contributed by atoms with E-state index in [1.165, 1.54) is 0 Å². The van der Waals surface area contributed by atoms with Crippen LogP contribution in [0.25, 0.3) is 0 Å². The highest BCUT2D eigenvalue weighted by molar-refractivity contribution is 5.78. The van der Waals surface area contributed by atoms with Gasteiger partial charge in [-0.3, -0.25) is 0 Å². The number of rotatable bonds is 13. The Labute approximate surface area is 161 Å². The van der Waals surface area contributed by atoms with Crippen LogP contribution in [0.5, 0.6) is 0 Å². The zero-order valence-electron chi connectivity index (χ0n) is 17.0. The lowest BCUT2D eigenvalue weighted by atomic mass is 10.1. The van der Waals surface area contributed by atoms with Gasteiger partial charge in [0.05, 0.1) is 5.54 Å². The number of hydrogen-bond donors (Lipinski definition) is 0. The van der Waals surface area contributed by atoms with E-state index in [0.717, 1.165) is 63.9 Å². The lowest BCUT2D eigenvalue weighted by Crippen LogP contribution is -2.17. The molecule has 2 nitrogen and oxygen atoms in total. The van der Waals surface area contributed by atoms with Gasteiger partial charge in [-0.05, 0) is 58.8 Å². The third-order valence-electron chi connectivity index (χ3n) is 3.94. The zero-order valence-corrected chi connectivity index (χ0v) is 17.0. The Morgan fingerprint density at radius 1 is 0.808 bits per heavy atom. The molecule has 2 heteroatoms. The molecule has 0 aliphatic carbocycles. The molecule has 0 aromatic heterocycles. The van der Waals surface area contributed by atoms with E-state index < -0.39 is 0 Å². The molecular formula is C24H37NO. The van der Waals surface area contributed by atoms with Crippen molar-refractivity contribution in [1.29, 1.82) is 0 Å². The summed E-state index contributed by atoms with van der Waals surface area (Å²) in [7, 11) is 0. The second-order valence-electron chi connectivity index (χ2n) is 7.21. The van der Waals surface area contributed by atoms with Crippen LogP contribution >= 0.6 is 0 Å². The molecule has 0 aromatic carbocycles. The summed E-state index contributed by atoms with van der Waals surface area (Å²) in [6, 6.07) is 0. The van der Waals surface area contributed by atoms with Crippen LogP contribution in [0.15, 0.2) is 65.8 Å². The Bertz CT molecular complexity index is 532. The highest BCUT2D eigenvalue weighted by Crippen LogP contribution is 2.19. The van der Waals surface area contributed by atoms with E-state index in [1.54, 1.807) is 0 Å². The molecule has 0 amide bonds. The standard InChI is InChI=1S/C24H37NO/c1-4-5-6-7-8-9-10-11-12-13-14-15-16-17-18-19-20-21-23-25-24(2,3)22-26-23/h5-6,8-9,11-12,14-15,17-18H,4,7,10,13,16,19-22H2,1-3H3/b6-5-,9-8-,12-11-,15-14-,18-17-. The topological polar surface area (TPSA) is 21.6 Å². The highest BCUT2D eigenvalue weighted by atomic mass is 16.5. The van der Waals surface area contributed by atoms with E-state index in [0.29, 0.717) is 0 Å². The third-order valence-corrected chi connectivity index (χ3v) is 3.94. The molecule has 0 saturated carbocycles. The van der Waals surface area contributed by atoms with Gasteiger partial charge in [0.1, 0.15) is 6.61 Å². The van der Waals surface area contributed by atoms with Gasteiger partial charge in [-0.25, -0.2) is 4.99 Å². The molecule has 1 heterocycles. The van der Waals surface area contributed by atoms with Gasteiger partial charge in [0.25, 0.3) is 0 Å². The van der Waals surface area contributed by atoms with E-state index in [2.05, 4.69) is 86.5 Å². The normalized spacial score (nSPS) is 17.4. The lowest BCUT2D eigenvalue weighted by Gasteiger charge is -2.07. The fourth-order valence-electron chi connectivity index (χ4n) is 2.53. The minimum absolute atomic E-state index is 0.0212. The molecule has 1 aliphatic heterocycles. The Morgan fingerprint density at radius 3 is 1.77 bits per heavy atom. The van der Waals surface area contributed by atoms with Crippen LogP contribution in [0, 0.1) is 0 Å². The predicted octanol–water partition coefficient (Wildman–Crippen LogP) is 7.12.